The Labute approximate surface area is 193 Å². The molecule has 0 radical (unpaired) electrons. The first-order chi connectivity index (χ1) is 15.4. The number of hydrogen-bond acceptors (Lipinski definition) is 4. The Morgan fingerprint density at radius 1 is 1.28 bits per heavy atom. The van der Waals surface area contributed by atoms with Crippen molar-refractivity contribution in [1.29, 1.82) is 0 Å². The molecule has 0 aliphatic carbocycles. The number of nitrogens with one attached hydrogen (secondary N) is 2. The number of rotatable bonds is 8. The van der Waals surface area contributed by atoms with Crippen LogP contribution >= 0.6 is 15.9 Å². The van der Waals surface area contributed by atoms with Gasteiger partial charge in [-0.05, 0) is 30.3 Å². The highest BCUT2D eigenvalue weighted by atomic mass is 79.9. The zero-order valence-electron chi connectivity index (χ0n) is 17.3. The molecule has 0 saturated carbocycles. The van der Waals surface area contributed by atoms with Crippen LogP contribution in [0.15, 0.2) is 60.0 Å². The van der Waals surface area contributed by atoms with E-state index in [9.17, 15) is 14.4 Å². The van der Waals surface area contributed by atoms with Gasteiger partial charge in [0.05, 0.1) is 18.2 Å². The molecule has 2 aromatic heterocycles. The third-order valence-corrected chi connectivity index (χ3v) is 5.81. The van der Waals surface area contributed by atoms with E-state index >= 15 is 0 Å². The fourth-order valence-corrected chi connectivity index (χ4v) is 4.06. The Kier molecular flexibility index (Phi) is 6.40. The van der Waals surface area contributed by atoms with Crippen molar-refractivity contribution in [3.05, 3.63) is 65.5 Å². The lowest BCUT2D eigenvalue weighted by Crippen LogP contribution is -2.61. The molecule has 1 saturated heterocycles. The molecule has 1 fully saturated rings. The molecule has 0 spiro atoms. The van der Waals surface area contributed by atoms with Gasteiger partial charge in [0.25, 0.3) is 5.91 Å². The zero-order chi connectivity index (χ0) is 22.7. The first kappa shape index (κ1) is 21.8. The van der Waals surface area contributed by atoms with Gasteiger partial charge in [0.15, 0.2) is 0 Å². The Morgan fingerprint density at radius 3 is 2.81 bits per heavy atom. The third kappa shape index (κ3) is 4.75. The molecule has 1 aliphatic heterocycles. The summed E-state index contributed by atoms with van der Waals surface area (Å²) >= 11 is 3.46. The van der Waals surface area contributed by atoms with Crippen molar-refractivity contribution >= 4 is 44.6 Å². The first-order valence-electron chi connectivity index (χ1n) is 10.2. The second kappa shape index (κ2) is 9.39. The maximum absolute atomic E-state index is 12.8. The second-order valence-corrected chi connectivity index (χ2v) is 8.48. The number of fused-ring (bicyclic) bond motifs is 1. The lowest BCUT2D eigenvalue weighted by atomic mass is 10.1. The van der Waals surface area contributed by atoms with Crippen molar-refractivity contribution in [3.63, 3.8) is 0 Å². The topological polar surface area (TPSA) is 101 Å². The summed E-state index contributed by atoms with van der Waals surface area (Å²) in [4.78, 5) is 38.6. The monoisotopic (exact) mass is 498 g/mol. The largest absolute Gasteiger partial charge is 0.350 e. The van der Waals surface area contributed by atoms with Crippen LogP contribution in [0.1, 0.15) is 10.4 Å². The summed E-state index contributed by atoms with van der Waals surface area (Å²) < 4.78 is 4.36. The van der Waals surface area contributed by atoms with E-state index in [1.807, 2.05) is 30.5 Å². The van der Waals surface area contributed by atoms with E-state index in [0.29, 0.717) is 31.7 Å². The molecular weight excluding hydrogens is 476 g/mol. The Morgan fingerprint density at radius 2 is 2.09 bits per heavy atom. The fourth-order valence-electron chi connectivity index (χ4n) is 3.70. The van der Waals surface area contributed by atoms with Crippen LogP contribution in [-0.2, 0) is 22.7 Å². The third-order valence-electron chi connectivity index (χ3n) is 5.32. The summed E-state index contributed by atoms with van der Waals surface area (Å²) in [6.07, 6.45) is 6.50. The van der Waals surface area contributed by atoms with Crippen LogP contribution in [0.2, 0.25) is 0 Å². The maximum Gasteiger partial charge on any atom is 0.253 e. The predicted molar refractivity (Wildman–Crippen MR) is 123 cm³/mol. The molecule has 32 heavy (non-hydrogen) atoms. The lowest BCUT2D eigenvalue weighted by molar-refractivity contribution is -0.133. The summed E-state index contributed by atoms with van der Waals surface area (Å²) in [5, 5.41) is 10.7. The minimum absolute atomic E-state index is 0.0740. The number of amides is 3. The molecule has 1 aromatic carbocycles. The number of hydrogen-bond donors (Lipinski definition) is 2. The Hall–Kier alpha value is -3.40. The van der Waals surface area contributed by atoms with Gasteiger partial charge in [0.1, 0.15) is 6.54 Å². The summed E-state index contributed by atoms with van der Waals surface area (Å²) in [5.41, 5.74) is 1.29. The average Bonchev–Trinajstić information content (AvgIpc) is 3.38. The van der Waals surface area contributed by atoms with E-state index in [4.69, 9.17) is 0 Å². The van der Waals surface area contributed by atoms with Crippen molar-refractivity contribution in [3.8, 4) is 0 Å². The van der Waals surface area contributed by atoms with E-state index in [1.54, 1.807) is 26.5 Å². The highest BCUT2D eigenvalue weighted by molar-refractivity contribution is 9.10. The van der Waals surface area contributed by atoms with Gasteiger partial charge < -0.3 is 20.1 Å². The normalized spacial score (nSPS) is 13.6. The summed E-state index contributed by atoms with van der Waals surface area (Å²) in [7, 11) is 0. The van der Waals surface area contributed by atoms with E-state index in [2.05, 4.69) is 38.2 Å². The lowest BCUT2D eigenvalue weighted by Gasteiger charge is -2.38. The summed E-state index contributed by atoms with van der Waals surface area (Å²) in [6, 6.07) is 7.38. The number of carbonyl (C=O) groups excluding carboxylic acids is 3. The van der Waals surface area contributed by atoms with E-state index in [-0.39, 0.29) is 30.3 Å². The number of halogens is 1. The SMILES string of the molecule is C=CC(=O)N1CC(NC(=O)Cn2cc(C(=O)NCCn3cccn3)c3cc(Br)ccc32)C1. The minimum Gasteiger partial charge on any atom is -0.350 e. The number of likely N-dealkylation sites (tertiary alicyclic amines) is 1. The highest BCUT2D eigenvalue weighted by Gasteiger charge is 2.30. The second-order valence-electron chi connectivity index (χ2n) is 7.57. The molecule has 0 atom stereocenters. The van der Waals surface area contributed by atoms with Crippen LogP contribution < -0.4 is 10.6 Å². The number of aromatic nitrogens is 3. The molecule has 0 unspecified atom stereocenters. The first-order valence-corrected chi connectivity index (χ1v) is 11.0. The maximum atomic E-state index is 12.8. The van der Waals surface area contributed by atoms with E-state index in [1.165, 1.54) is 6.08 Å². The van der Waals surface area contributed by atoms with Crippen molar-refractivity contribution in [2.75, 3.05) is 19.6 Å². The van der Waals surface area contributed by atoms with E-state index < -0.39 is 0 Å². The number of benzene rings is 1. The van der Waals surface area contributed by atoms with Crippen molar-refractivity contribution in [1.82, 2.24) is 29.9 Å². The van der Waals surface area contributed by atoms with Gasteiger partial charge in [0.2, 0.25) is 11.8 Å². The van der Waals surface area contributed by atoms with Gasteiger partial charge in [-0.1, -0.05) is 22.5 Å². The fraction of sp³-hybridized carbons (Fsp3) is 0.273. The van der Waals surface area contributed by atoms with Crippen LogP contribution in [-0.4, -0.2) is 62.6 Å². The Balaban J connectivity index is 1.43. The van der Waals surface area contributed by atoms with Gasteiger partial charge in [-0.2, -0.15) is 5.10 Å². The molecule has 4 rings (SSSR count). The average molecular weight is 499 g/mol. The molecule has 1 aliphatic rings. The molecule has 0 bridgehead atoms. The molecular formula is C22H23BrN6O3. The standard InChI is InChI=1S/C22H23BrN6O3/c1-2-21(31)28-11-16(12-28)26-20(30)14-27-13-18(17-10-15(23)4-5-19(17)27)22(32)24-7-9-29-8-3-6-25-29/h2-6,8,10,13,16H,1,7,9,11-12,14H2,(H,24,32)(H,26,30). The zero-order valence-corrected chi connectivity index (χ0v) is 18.9. The van der Waals surface area contributed by atoms with Crippen LogP contribution in [0.4, 0.5) is 0 Å². The Bertz CT molecular complexity index is 1160. The van der Waals surface area contributed by atoms with Gasteiger partial charge in [-0.25, -0.2) is 0 Å². The molecule has 2 N–H and O–H groups in total. The molecule has 9 nitrogen and oxygen atoms in total. The minimum atomic E-state index is -0.211. The van der Waals surface area contributed by atoms with Gasteiger partial charge in [-0.15, -0.1) is 0 Å². The highest BCUT2D eigenvalue weighted by Crippen LogP contribution is 2.25. The predicted octanol–water partition coefficient (Wildman–Crippen LogP) is 1.54. The number of carbonyl (C=O) groups is 3. The van der Waals surface area contributed by atoms with Crippen molar-refractivity contribution in [2.45, 2.75) is 19.1 Å². The van der Waals surface area contributed by atoms with Crippen LogP contribution in [0.5, 0.6) is 0 Å². The molecule has 166 valence electrons. The quantitative estimate of drug-likeness (QED) is 0.460. The van der Waals surface area contributed by atoms with Crippen molar-refractivity contribution in [2.24, 2.45) is 0 Å². The molecule has 3 amide bonds. The summed E-state index contributed by atoms with van der Waals surface area (Å²) in [6.45, 7) is 5.48. The molecule has 3 heterocycles. The van der Waals surface area contributed by atoms with Crippen molar-refractivity contribution < 1.29 is 14.4 Å². The van der Waals surface area contributed by atoms with Crippen LogP contribution in [0.3, 0.4) is 0 Å². The smallest absolute Gasteiger partial charge is 0.253 e. The summed E-state index contributed by atoms with van der Waals surface area (Å²) in [5.74, 6) is -0.524. The van der Waals surface area contributed by atoms with Crippen LogP contribution in [0.25, 0.3) is 10.9 Å². The number of nitrogens with zero attached hydrogens (tertiary/aromatic N) is 4. The van der Waals surface area contributed by atoms with Gasteiger partial charge >= 0.3 is 0 Å². The molecule has 10 heteroatoms. The van der Waals surface area contributed by atoms with E-state index in [0.717, 1.165) is 15.4 Å². The molecule has 3 aromatic rings. The van der Waals surface area contributed by atoms with Gasteiger partial charge in [-0.3, -0.25) is 19.1 Å². The van der Waals surface area contributed by atoms with Crippen LogP contribution in [0, 0.1) is 0 Å². The van der Waals surface area contributed by atoms with Gasteiger partial charge in [0, 0.05) is 53.6 Å².